The van der Waals surface area contributed by atoms with Gasteiger partial charge < -0.3 is 29.5 Å². The molecule has 0 unspecified atom stereocenters. The van der Waals surface area contributed by atoms with Crippen LogP contribution in [0.25, 0.3) is 0 Å². The SMILES string of the molecule is CC(C)(C)C(=O)N1CC2(C1)O[C@](O)(C(F)(F)F)C1(CN(C(=O)C(C)(C)C)C1)O[C@]2(O)C(F)(F)F. The lowest BCUT2D eigenvalue weighted by atomic mass is 9.74. The summed E-state index contributed by atoms with van der Waals surface area (Å²) in [6.07, 6.45) is -11.3. The van der Waals surface area contributed by atoms with E-state index in [4.69, 9.17) is 9.47 Å². The van der Waals surface area contributed by atoms with Gasteiger partial charge >= 0.3 is 12.4 Å². The van der Waals surface area contributed by atoms with Crippen LogP contribution in [0.4, 0.5) is 26.3 Å². The van der Waals surface area contributed by atoms with Gasteiger partial charge in [0.15, 0.2) is 11.2 Å². The first-order valence-electron chi connectivity index (χ1n) is 10.4. The van der Waals surface area contributed by atoms with E-state index in [1.165, 1.54) is 41.5 Å². The normalized spacial score (nSPS) is 31.4. The molecule has 3 heterocycles. The summed E-state index contributed by atoms with van der Waals surface area (Å²) in [7, 11) is 0. The van der Waals surface area contributed by atoms with Crippen LogP contribution in [0.5, 0.6) is 0 Å². The number of halogens is 6. The van der Waals surface area contributed by atoms with Crippen molar-refractivity contribution in [3.63, 3.8) is 0 Å². The third kappa shape index (κ3) is 3.51. The van der Waals surface area contributed by atoms with Crippen LogP contribution in [0.1, 0.15) is 41.5 Å². The minimum atomic E-state index is -5.67. The number of nitrogens with zero attached hydrogens (tertiary/aromatic N) is 2. The van der Waals surface area contributed by atoms with Crippen molar-refractivity contribution in [3.8, 4) is 0 Å². The van der Waals surface area contributed by atoms with E-state index in [2.05, 4.69) is 0 Å². The van der Waals surface area contributed by atoms with Crippen LogP contribution >= 0.6 is 0 Å². The monoisotopic (exact) mass is 506 g/mol. The summed E-state index contributed by atoms with van der Waals surface area (Å²) in [6, 6.07) is 0. The van der Waals surface area contributed by atoms with Gasteiger partial charge in [0.1, 0.15) is 0 Å². The molecule has 0 bridgehead atoms. The van der Waals surface area contributed by atoms with Crippen LogP contribution in [0.3, 0.4) is 0 Å². The number of likely N-dealkylation sites (tertiary alicyclic amines) is 2. The Balaban J connectivity index is 2.04. The van der Waals surface area contributed by atoms with Gasteiger partial charge in [0.2, 0.25) is 11.8 Å². The Labute approximate surface area is 191 Å². The largest absolute Gasteiger partial charge is 0.446 e. The Hall–Kier alpha value is -1.64. The van der Waals surface area contributed by atoms with Gasteiger partial charge in [0, 0.05) is 10.8 Å². The predicted octanol–water partition coefficient (Wildman–Crippen LogP) is 1.79. The second-order valence-corrected chi connectivity index (χ2v) is 11.3. The average Bonchev–Trinajstić information content (AvgIpc) is 2.54. The van der Waals surface area contributed by atoms with Crippen LogP contribution < -0.4 is 0 Å². The maximum absolute atomic E-state index is 14.1. The quantitative estimate of drug-likeness (QED) is 0.486. The number of aliphatic hydroxyl groups is 2. The van der Waals surface area contributed by atoms with E-state index in [1.807, 2.05) is 0 Å². The minimum absolute atomic E-state index is 0.701. The van der Waals surface area contributed by atoms with Crippen LogP contribution in [0.15, 0.2) is 0 Å². The molecule has 0 radical (unpaired) electrons. The molecule has 2 spiro atoms. The van der Waals surface area contributed by atoms with Crippen molar-refractivity contribution in [2.24, 2.45) is 10.8 Å². The molecular weight excluding hydrogens is 478 g/mol. The standard InChI is InChI=1S/C20H28F6N2O6/c1-13(2,3)11(29)27-7-15(8-27)17(31,19(21,22)23)34-16(18(32,33-15)20(24,25)26)9-28(10-16)12(30)14(4,5)6/h31-32H,7-10H2,1-6H3/t17-,18-/m0/s1. The van der Waals surface area contributed by atoms with Gasteiger partial charge in [-0.05, 0) is 0 Å². The number of hydrogen-bond donors (Lipinski definition) is 2. The molecule has 3 aliphatic heterocycles. The molecule has 34 heavy (non-hydrogen) atoms. The molecule has 0 aliphatic carbocycles. The van der Waals surface area contributed by atoms with E-state index < -0.39 is 84.0 Å². The van der Waals surface area contributed by atoms with Crippen molar-refractivity contribution in [2.75, 3.05) is 26.2 Å². The van der Waals surface area contributed by atoms with E-state index in [1.54, 1.807) is 0 Å². The Morgan fingerprint density at radius 2 is 0.882 bits per heavy atom. The number of carbonyl (C=O) groups is 2. The maximum Gasteiger partial charge on any atom is 0.446 e. The number of hydrogen-bond acceptors (Lipinski definition) is 6. The summed E-state index contributed by atoms with van der Waals surface area (Å²) in [5, 5.41) is 21.3. The molecule has 0 aromatic heterocycles. The molecule has 3 aliphatic rings. The summed E-state index contributed by atoms with van der Waals surface area (Å²) in [5.74, 6) is -10.0. The highest BCUT2D eigenvalue weighted by atomic mass is 19.4. The molecule has 3 saturated heterocycles. The van der Waals surface area contributed by atoms with Gasteiger partial charge in [-0.15, -0.1) is 0 Å². The third-order valence-electron chi connectivity index (χ3n) is 6.33. The van der Waals surface area contributed by atoms with E-state index in [9.17, 15) is 46.1 Å². The Morgan fingerprint density at radius 1 is 0.647 bits per heavy atom. The van der Waals surface area contributed by atoms with Crippen molar-refractivity contribution in [1.82, 2.24) is 9.80 Å². The average molecular weight is 506 g/mol. The number of ether oxygens (including phenoxy) is 2. The van der Waals surface area contributed by atoms with Crippen molar-refractivity contribution in [3.05, 3.63) is 0 Å². The van der Waals surface area contributed by atoms with E-state index in [-0.39, 0.29) is 0 Å². The smallest absolute Gasteiger partial charge is 0.356 e. The molecule has 0 aromatic carbocycles. The molecule has 2 N–H and O–H groups in total. The van der Waals surface area contributed by atoms with Crippen LogP contribution in [-0.2, 0) is 19.1 Å². The highest BCUT2D eigenvalue weighted by Gasteiger charge is 2.88. The highest BCUT2D eigenvalue weighted by Crippen LogP contribution is 2.61. The van der Waals surface area contributed by atoms with Gasteiger partial charge in [0.25, 0.3) is 11.6 Å². The van der Waals surface area contributed by atoms with Crippen LogP contribution in [-0.4, -0.2) is 93.1 Å². The number of amides is 2. The summed E-state index contributed by atoms with van der Waals surface area (Å²) < 4.78 is 94.1. The number of alkyl halides is 6. The molecular formula is C20H28F6N2O6. The molecule has 0 saturated carbocycles. The molecule has 14 heteroatoms. The van der Waals surface area contributed by atoms with Crippen molar-refractivity contribution in [1.29, 1.82) is 0 Å². The lowest BCUT2D eigenvalue weighted by molar-refractivity contribution is -0.582. The van der Waals surface area contributed by atoms with Crippen molar-refractivity contribution in [2.45, 2.75) is 76.7 Å². The highest BCUT2D eigenvalue weighted by molar-refractivity contribution is 5.83. The topological polar surface area (TPSA) is 99.5 Å². The fourth-order valence-electron chi connectivity index (χ4n) is 4.46. The minimum Gasteiger partial charge on any atom is -0.356 e. The fraction of sp³-hybridized carbons (Fsp3) is 0.900. The first kappa shape index (κ1) is 27.0. The molecule has 3 fully saturated rings. The lowest BCUT2D eigenvalue weighted by Gasteiger charge is -2.69. The van der Waals surface area contributed by atoms with E-state index in [0.29, 0.717) is 0 Å². The first-order valence-corrected chi connectivity index (χ1v) is 10.4. The summed E-state index contributed by atoms with van der Waals surface area (Å²) in [6.45, 7) is 4.24. The Morgan fingerprint density at radius 3 is 1.06 bits per heavy atom. The molecule has 2 atom stereocenters. The van der Waals surface area contributed by atoms with Gasteiger partial charge in [-0.3, -0.25) is 9.59 Å². The Bertz CT molecular complexity index is 808. The molecule has 2 amide bonds. The summed E-state index contributed by atoms with van der Waals surface area (Å²) in [4.78, 5) is 26.4. The van der Waals surface area contributed by atoms with E-state index >= 15 is 0 Å². The maximum atomic E-state index is 14.1. The van der Waals surface area contributed by atoms with Gasteiger partial charge in [-0.25, -0.2) is 0 Å². The van der Waals surface area contributed by atoms with Gasteiger partial charge in [-0.2, -0.15) is 26.3 Å². The van der Waals surface area contributed by atoms with Gasteiger partial charge in [-0.1, -0.05) is 41.5 Å². The number of carbonyl (C=O) groups excluding carboxylic acids is 2. The summed E-state index contributed by atoms with van der Waals surface area (Å²) >= 11 is 0. The van der Waals surface area contributed by atoms with Crippen LogP contribution in [0, 0.1) is 10.8 Å². The fourth-order valence-corrected chi connectivity index (χ4v) is 4.46. The molecule has 8 nitrogen and oxygen atoms in total. The second kappa shape index (κ2) is 6.98. The first-order chi connectivity index (χ1) is 14.9. The Kier molecular flexibility index (Phi) is 5.53. The second-order valence-electron chi connectivity index (χ2n) is 11.3. The van der Waals surface area contributed by atoms with E-state index in [0.717, 1.165) is 9.80 Å². The van der Waals surface area contributed by atoms with Crippen LogP contribution in [0.2, 0.25) is 0 Å². The zero-order valence-corrected chi connectivity index (χ0v) is 19.5. The number of rotatable bonds is 0. The zero-order chi connectivity index (χ0) is 26.6. The predicted molar refractivity (Wildman–Crippen MR) is 102 cm³/mol. The summed E-state index contributed by atoms with van der Waals surface area (Å²) in [5.41, 5.74) is -8.49. The lowest BCUT2D eigenvalue weighted by Crippen LogP contribution is -2.93. The third-order valence-corrected chi connectivity index (χ3v) is 6.33. The zero-order valence-electron chi connectivity index (χ0n) is 19.5. The molecule has 3 rings (SSSR count). The molecule has 196 valence electrons. The molecule has 0 aromatic rings. The van der Waals surface area contributed by atoms with Gasteiger partial charge in [0.05, 0.1) is 26.2 Å². The van der Waals surface area contributed by atoms with Crippen molar-refractivity contribution >= 4 is 11.8 Å². The van der Waals surface area contributed by atoms with Crippen molar-refractivity contribution < 1.29 is 55.6 Å².